The van der Waals surface area contributed by atoms with Crippen LogP contribution in [-0.4, -0.2) is 14.7 Å². The highest BCUT2D eigenvalue weighted by Crippen LogP contribution is 2.30. The van der Waals surface area contributed by atoms with Gasteiger partial charge in [-0.15, -0.1) is 0 Å². The number of nitro groups is 1. The SMILES string of the molecule is Cc1nn(C(C)c2ccco2)c(N)c1[N+](=O)[O-]. The molecule has 2 rings (SSSR count). The Labute approximate surface area is 97.0 Å². The predicted octanol–water partition coefficient (Wildman–Crippen LogP) is 1.88. The van der Waals surface area contributed by atoms with Crippen molar-refractivity contribution in [2.24, 2.45) is 0 Å². The summed E-state index contributed by atoms with van der Waals surface area (Å²) in [6.45, 7) is 3.37. The standard InChI is InChI=1S/C10H12N4O3/c1-6-9(14(15)16)10(11)13(12-6)7(2)8-4-3-5-17-8/h3-5,7H,11H2,1-2H3. The second-order valence-electron chi connectivity index (χ2n) is 3.71. The van der Waals surface area contributed by atoms with Crippen LogP contribution in [0.25, 0.3) is 0 Å². The Morgan fingerprint density at radius 1 is 1.65 bits per heavy atom. The molecule has 0 aliphatic rings. The van der Waals surface area contributed by atoms with Crippen LogP contribution in [0.5, 0.6) is 0 Å². The first-order chi connectivity index (χ1) is 8.02. The molecule has 2 N–H and O–H groups in total. The number of hydrogen-bond acceptors (Lipinski definition) is 5. The van der Waals surface area contributed by atoms with Gasteiger partial charge >= 0.3 is 5.69 Å². The van der Waals surface area contributed by atoms with Crippen molar-refractivity contribution in [2.75, 3.05) is 5.73 Å². The molecule has 0 aliphatic heterocycles. The fourth-order valence-corrected chi connectivity index (χ4v) is 1.73. The molecule has 2 aromatic rings. The molecule has 1 unspecified atom stereocenters. The van der Waals surface area contributed by atoms with E-state index in [9.17, 15) is 10.1 Å². The minimum absolute atomic E-state index is 0.0383. The molecule has 0 aliphatic carbocycles. The van der Waals surface area contributed by atoms with E-state index in [1.165, 1.54) is 10.9 Å². The highest BCUT2D eigenvalue weighted by atomic mass is 16.6. The highest BCUT2D eigenvalue weighted by Gasteiger charge is 2.26. The Hall–Kier alpha value is -2.31. The summed E-state index contributed by atoms with van der Waals surface area (Å²) in [5.41, 5.74) is 5.88. The molecule has 0 radical (unpaired) electrons. The molecule has 0 aromatic carbocycles. The quantitative estimate of drug-likeness (QED) is 0.647. The number of aromatic nitrogens is 2. The van der Waals surface area contributed by atoms with Gasteiger partial charge in [-0.05, 0) is 26.0 Å². The maximum Gasteiger partial charge on any atom is 0.333 e. The summed E-state index contributed by atoms with van der Waals surface area (Å²) in [4.78, 5) is 10.3. The van der Waals surface area contributed by atoms with Crippen molar-refractivity contribution in [3.63, 3.8) is 0 Å². The minimum Gasteiger partial charge on any atom is -0.467 e. The largest absolute Gasteiger partial charge is 0.467 e. The van der Waals surface area contributed by atoms with Crippen molar-refractivity contribution in [1.82, 2.24) is 9.78 Å². The second kappa shape index (κ2) is 3.93. The maximum atomic E-state index is 10.8. The first-order valence-electron chi connectivity index (χ1n) is 5.04. The number of nitrogen functional groups attached to an aromatic ring is 1. The molecule has 0 fully saturated rings. The maximum absolute atomic E-state index is 10.8. The van der Waals surface area contributed by atoms with E-state index in [0.29, 0.717) is 11.5 Å². The molecule has 0 amide bonds. The van der Waals surface area contributed by atoms with E-state index in [2.05, 4.69) is 5.10 Å². The van der Waals surface area contributed by atoms with Gasteiger partial charge < -0.3 is 10.2 Å². The van der Waals surface area contributed by atoms with E-state index in [-0.39, 0.29) is 17.5 Å². The smallest absolute Gasteiger partial charge is 0.333 e. The van der Waals surface area contributed by atoms with Crippen LogP contribution in [0.2, 0.25) is 0 Å². The van der Waals surface area contributed by atoms with E-state index >= 15 is 0 Å². The van der Waals surface area contributed by atoms with E-state index in [1.54, 1.807) is 19.1 Å². The van der Waals surface area contributed by atoms with E-state index in [1.807, 2.05) is 6.92 Å². The minimum atomic E-state index is -0.525. The molecular formula is C10H12N4O3. The lowest BCUT2D eigenvalue weighted by Gasteiger charge is -2.09. The van der Waals surface area contributed by atoms with Crippen molar-refractivity contribution in [2.45, 2.75) is 19.9 Å². The number of rotatable bonds is 3. The fourth-order valence-electron chi connectivity index (χ4n) is 1.73. The third-order valence-corrected chi connectivity index (χ3v) is 2.59. The molecular weight excluding hydrogens is 224 g/mol. The summed E-state index contributed by atoms with van der Waals surface area (Å²) in [7, 11) is 0. The topological polar surface area (TPSA) is 100 Å². The molecule has 0 saturated carbocycles. The highest BCUT2D eigenvalue weighted by molar-refractivity contribution is 5.56. The lowest BCUT2D eigenvalue weighted by Crippen LogP contribution is -2.11. The summed E-state index contributed by atoms with van der Waals surface area (Å²) in [6, 6.07) is 3.23. The van der Waals surface area contributed by atoms with Crippen LogP contribution in [0, 0.1) is 17.0 Å². The van der Waals surface area contributed by atoms with Gasteiger partial charge in [0.25, 0.3) is 0 Å². The van der Waals surface area contributed by atoms with Crippen LogP contribution >= 0.6 is 0 Å². The van der Waals surface area contributed by atoms with Crippen LogP contribution < -0.4 is 5.73 Å². The number of furan rings is 1. The summed E-state index contributed by atoms with van der Waals surface area (Å²) in [5.74, 6) is 0.686. The number of nitrogens with two attached hydrogens (primary N) is 1. The summed E-state index contributed by atoms with van der Waals surface area (Å²) >= 11 is 0. The van der Waals surface area contributed by atoms with Crippen LogP contribution in [0.4, 0.5) is 11.5 Å². The summed E-state index contributed by atoms with van der Waals surface area (Å²) in [5, 5.41) is 14.9. The Morgan fingerprint density at radius 2 is 2.35 bits per heavy atom. The fraction of sp³-hybridized carbons (Fsp3) is 0.300. The van der Waals surface area contributed by atoms with Crippen molar-refractivity contribution >= 4 is 11.5 Å². The summed E-state index contributed by atoms with van der Waals surface area (Å²) < 4.78 is 6.62. The molecule has 90 valence electrons. The molecule has 7 heteroatoms. The van der Waals surface area contributed by atoms with Gasteiger partial charge in [0.2, 0.25) is 5.82 Å². The molecule has 2 heterocycles. The molecule has 2 aromatic heterocycles. The number of aryl methyl sites for hydroxylation is 1. The van der Waals surface area contributed by atoms with Crippen molar-refractivity contribution < 1.29 is 9.34 Å². The van der Waals surface area contributed by atoms with Crippen LogP contribution in [0.15, 0.2) is 22.8 Å². The Bertz CT molecular complexity index is 544. The van der Waals surface area contributed by atoms with Gasteiger partial charge in [-0.3, -0.25) is 10.1 Å². The molecule has 0 spiro atoms. The average Bonchev–Trinajstić information content (AvgIpc) is 2.85. The zero-order valence-electron chi connectivity index (χ0n) is 9.45. The van der Waals surface area contributed by atoms with Crippen LogP contribution in [-0.2, 0) is 0 Å². The molecule has 17 heavy (non-hydrogen) atoms. The third-order valence-electron chi connectivity index (χ3n) is 2.59. The first kappa shape index (κ1) is 11.2. The zero-order valence-corrected chi connectivity index (χ0v) is 9.45. The van der Waals surface area contributed by atoms with Crippen LogP contribution in [0.3, 0.4) is 0 Å². The summed E-state index contributed by atoms with van der Waals surface area (Å²) in [6.07, 6.45) is 1.53. The molecule has 0 bridgehead atoms. The number of hydrogen-bond donors (Lipinski definition) is 1. The van der Waals surface area contributed by atoms with Gasteiger partial charge in [-0.2, -0.15) is 5.10 Å². The normalized spacial score (nSPS) is 12.6. The zero-order chi connectivity index (χ0) is 12.6. The lowest BCUT2D eigenvalue weighted by atomic mass is 10.2. The van der Waals surface area contributed by atoms with E-state index < -0.39 is 4.92 Å². The monoisotopic (exact) mass is 236 g/mol. The molecule has 1 atom stereocenters. The molecule has 7 nitrogen and oxygen atoms in total. The van der Waals surface area contributed by atoms with Crippen LogP contribution in [0.1, 0.15) is 24.4 Å². The average molecular weight is 236 g/mol. The third kappa shape index (κ3) is 1.75. The Kier molecular flexibility index (Phi) is 2.58. The number of anilines is 1. The lowest BCUT2D eigenvalue weighted by molar-refractivity contribution is -0.384. The number of nitrogens with zero attached hydrogens (tertiary/aromatic N) is 3. The Balaban J connectivity index is 2.47. The second-order valence-corrected chi connectivity index (χ2v) is 3.71. The van der Waals surface area contributed by atoms with Gasteiger partial charge in [0.05, 0.1) is 11.2 Å². The van der Waals surface area contributed by atoms with Gasteiger partial charge in [0, 0.05) is 0 Å². The van der Waals surface area contributed by atoms with Crippen molar-refractivity contribution in [1.29, 1.82) is 0 Å². The Morgan fingerprint density at radius 3 is 2.82 bits per heavy atom. The van der Waals surface area contributed by atoms with E-state index in [0.717, 1.165) is 0 Å². The van der Waals surface area contributed by atoms with E-state index in [4.69, 9.17) is 10.2 Å². The van der Waals surface area contributed by atoms with Gasteiger partial charge in [0.15, 0.2) is 0 Å². The predicted molar refractivity (Wildman–Crippen MR) is 60.6 cm³/mol. The molecule has 0 saturated heterocycles. The van der Waals surface area contributed by atoms with Gasteiger partial charge in [-0.25, -0.2) is 4.68 Å². The van der Waals surface area contributed by atoms with Crippen molar-refractivity contribution in [3.05, 3.63) is 40.0 Å². The van der Waals surface area contributed by atoms with Crippen molar-refractivity contribution in [3.8, 4) is 0 Å². The first-order valence-corrected chi connectivity index (χ1v) is 5.04. The van der Waals surface area contributed by atoms with Gasteiger partial charge in [0.1, 0.15) is 17.5 Å². The van der Waals surface area contributed by atoms with Gasteiger partial charge in [-0.1, -0.05) is 0 Å².